The van der Waals surface area contributed by atoms with Gasteiger partial charge in [0.15, 0.2) is 0 Å². The van der Waals surface area contributed by atoms with E-state index in [1.54, 1.807) is 37.3 Å². The van der Waals surface area contributed by atoms with Crippen LogP contribution in [0, 0.1) is 10.1 Å². The molecule has 0 aliphatic carbocycles. The largest absolute Gasteiger partial charge is 0.360 e. The van der Waals surface area contributed by atoms with Crippen molar-refractivity contribution in [2.24, 2.45) is 0 Å². The number of benzene rings is 2. The van der Waals surface area contributed by atoms with E-state index in [1.807, 2.05) is 0 Å². The fraction of sp³-hybridized carbons (Fsp3) is 0.111. The number of non-ortho nitro benzene ring substituents is 1. The van der Waals surface area contributed by atoms with Crippen molar-refractivity contribution < 1.29 is 14.5 Å². The smallest absolute Gasteiger partial charge is 0.292 e. The molecule has 1 amide bonds. The standard InChI is InChI=1S/C18H14ClN3O4/c1-10(11-2-5-13(6-3-11)22(25)26)21-18(24)17(23)15-9-20-16-7-4-12(19)8-14(15)16/h2-10,20H,1H3,(H,21,24)/t10-/m1/s1. The minimum Gasteiger partial charge on any atom is -0.360 e. The first-order valence-corrected chi connectivity index (χ1v) is 8.11. The van der Waals surface area contributed by atoms with E-state index in [1.165, 1.54) is 18.3 Å². The summed E-state index contributed by atoms with van der Waals surface area (Å²) in [6.07, 6.45) is 1.47. The van der Waals surface area contributed by atoms with Gasteiger partial charge in [0.25, 0.3) is 17.4 Å². The second-order valence-electron chi connectivity index (χ2n) is 5.77. The average molecular weight is 372 g/mol. The quantitative estimate of drug-likeness (QED) is 0.308. The lowest BCUT2D eigenvalue weighted by atomic mass is 10.1. The van der Waals surface area contributed by atoms with Crippen molar-refractivity contribution in [3.05, 3.63) is 74.9 Å². The number of nitro groups is 1. The zero-order chi connectivity index (χ0) is 18.8. The van der Waals surface area contributed by atoms with Crippen molar-refractivity contribution in [1.29, 1.82) is 0 Å². The van der Waals surface area contributed by atoms with Gasteiger partial charge in [-0.2, -0.15) is 0 Å². The van der Waals surface area contributed by atoms with Crippen molar-refractivity contribution in [2.75, 3.05) is 0 Å². The molecule has 0 aliphatic rings. The first-order valence-electron chi connectivity index (χ1n) is 7.73. The molecular weight excluding hydrogens is 358 g/mol. The fourth-order valence-corrected chi connectivity index (χ4v) is 2.81. The highest BCUT2D eigenvalue weighted by Gasteiger charge is 2.22. The summed E-state index contributed by atoms with van der Waals surface area (Å²) in [5, 5.41) is 14.3. The van der Waals surface area contributed by atoms with Gasteiger partial charge in [-0.3, -0.25) is 19.7 Å². The van der Waals surface area contributed by atoms with E-state index in [0.29, 0.717) is 21.5 Å². The Hall–Kier alpha value is -3.19. The Morgan fingerprint density at radius 3 is 2.54 bits per heavy atom. The SMILES string of the molecule is C[C@@H](NC(=O)C(=O)c1c[nH]c2ccc(Cl)cc12)c1ccc([N+](=O)[O-])cc1. The predicted molar refractivity (Wildman–Crippen MR) is 97.3 cm³/mol. The number of nitro benzene ring substituents is 1. The van der Waals surface area contributed by atoms with E-state index >= 15 is 0 Å². The zero-order valence-corrected chi connectivity index (χ0v) is 14.4. The summed E-state index contributed by atoms with van der Waals surface area (Å²) in [7, 11) is 0. The Bertz CT molecular complexity index is 1010. The minimum atomic E-state index is -0.767. The van der Waals surface area contributed by atoms with Crippen LogP contribution in [-0.4, -0.2) is 21.6 Å². The molecule has 0 unspecified atom stereocenters. The molecule has 0 saturated carbocycles. The van der Waals surface area contributed by atoms with Crippen LogP contribution < -0.4 is 5.32 Å². The summed E-state index contributed by atoms with van der Waals surface area (Å²) in [6.45, 7) is 1.69. The van der Waals surface area contributed by atoms with E-state index < -0.39 is 22.7 Å². The van der Waals surface area contributed by atoms with Crippen molar-refractivity contribution >= 4 is 39.9 Å². The first-order chi connectivity index (χ1) is 12.4. The van der Waals surface area contributed by atoms with E-state index in [-0.39, 0.29) is 11.3 Å². The number of aromatic nitrogens is 1. The van der Waals surface area contributed by atoms with E-state index in [0.717, 1.165) is 0 Å². The van der Waals surface area contributed by atoms with Crippen LogP contribution in [0.3, 0.4) is 0 Å². The number of carbonyl (C=O) groups is 2. The maximum atomic E-state index is 12.5. The molecule has 0 saturated heterocycles. The van der Waals surface area contributed by atoms with Gasteiger partial charge in [-0.1, -0.05) is 23.7 Å². The molecule has 3 aromatic rings. The van der Waals surface area contributed by atoms with Gasteiger partial charge in [-0.05, 0) is 30.7 Å². The predicted octanol–water partition coefficient (Wildman–Crippen LogP) is 3.79. The van der Waals surface area contributed by atoms with E-state index in [4.69, 9.17) is 11.6 Å². The lowest BCUT2D eigenvalue weighted by Gasteiger charge is -2.13. The second kappa shape index (κ2) is 6.97. The number of Topliss-reactive ketones (excluding diaryl/α,β-unsaturated/α-hetero) is 1. The van der Waals surface area contributed by atoms with Crippen molar-refractivity contribution in [3.63, 3.8) is 0 Å². The Kier molecular flexibility index (Phi) is 4.73. The Balaban J connectivity index is 1.77. The molecule has 1 aromatic heterocycles. The van der Waals surface area contributed by atoms with Crippen LogP contribution >= 0.6 is 11.6 Å². The molecular formula is C18H14ClN3O4. The summed E-state index contributed by atoms with van der Waals surface area (Å²) in [5.74, 6) is -1.45. The first kappa shape index (κ1) is 17.6. The molecule has 1 heterocycles. The molecule has 0 aliphatic heterocycles. The van der Waals surface area contributed by atoms with Crippen molar-refractivity contribution in [1.82, 2.24) is 10.3 Å². The molecule has 26 heavy (non-hydrogen) atoms. The number of ketones is 1. The molecule has 2 aromatic carbocycles. The number of nitrogens with one attached hydrogen (secondary N) is 2. The maximum Gasteiger partial charge on any atom is 0.292 e. The van der Waals surface area contributed by atoms with Crippen LogP contribution in [0.1, 0.15) is 28.9 Å². The average Bonchev–Trinajstić information content (AvgIpc) is 3.03. The van der Waals surface area contributed by atoms with Gasteiger partial charge < -0.3 is 10.3 Å². The number of aromatic amines is 1. The van der Waals surface area contributed by atoms with Gasteiger partial charge in [-0.15, -0.1) is 0 Å². The molecule has 132 valence electrons. The van der Waals surface area contributed by atoms with Crippen LogP contribution in [0.2, 0.25) is 5.02 Å². The number of halogens is 1. The molecule has 0 fully saturated rings. The number of carbonyl (C=O) groups excluding carboxylic acids is 2. The summed E-state index contributed by atoms with van der Waals surface area (Å²) >= 11 is 5.96. The third-order valence-electron chi connectivity index (χ3n) is 4.05. The van der Waals surface area contributed by atoms with Crippen molar-refractivity contribution in [2.45, 2.75) is 13.0 Å². The lowest BCUT2D eigenvalue weighted by molar-refractivity contribution is -0.384. The Labute approximate surface area is 153 Å². The van der Waals surface area contributed by atoms with Crippen LogP contribution in [0.4, 0.5) is 5.69 Å². The van der Waals surface area contributed by atoms with Crippen LogP contribution in [0.25, 0.3) is 10.9 Å². The normalized spacial score (nSPS) is 11.9. The molecule has 0 bridgehead atoms. The summed E-state index contributed by atoms with van der Waals surface area (Å²) < 4.78 is 0. The molecule has 0 spiro atoms. The number of rotatable bonds is 5. The van der Waals surface area contributed by atoms with E-state index in [9.17, 15) is 19.7 Å². The third-order valence-corrected chi connectivity index (χ3v) is 4.28. The number of amides is 1. The molecule has 0 radical (unpaired) electrons. The molecule has 8 heteroatoms. The highest BCUT2D eigenvalue weighted by Crippen LogP contribution is 2.23. The van der Waals surface area contributed by atoms with E-state index in [2.05, 4.69) is 10.3 Å². The van der Waals surface area contributed by atoms with Gasteiger partial charge in [0.05, 0.1) is 16.5 Å². The molecule has 1 atom stereocenters. The van der Waals surface area contributed by atoms with Gasteiger partial charge >= 0.3 is 0 Å². The highest BCUT2D eigenvalue weighted by atomic mass is 35.5. The lowest BCUT2D eigenvalue weighted by Crippen LogP contribution is -2.33. The molecule has 2 N–H and O–H groups in total. The van der Waals surface area contributed by atoms with Gasteiger partial charge in [-0.25, -0.2) is 0 Å². The van der Waals surface area contributed by atoms with Crippen LogP contribution in [0.5, 0.6) is 0 Å². The van der Waals surface area contributed by atoms with Gasteiger partial charge in [0.1, 0.15) is 0 Å². The third kappa shape index (κ3) is 3.43. The molecule has 7 nitrogen and oxygen atoms in total. The Morgan fingerprint density at radius 2 is 1.88 bits per heavy atom. The summed E-state index contributed by atoms with van der Waals surface area (Å²) in [5.41, 5.74) is 1.54. The number of hydrogen-bond donors (Lipinski definition) is 2. The number of hydrogen-bond acceptors (Lipinski definition) is 4. The fourth-order valence-electron chi connectivity index (χ4n) is 2.63. The number of nitrogens with zero attached hydrogens (tertiary/aromatic N) is 1. The number of fused-ring (bicyclic) bond motifs is 1. The second-order valence-corrected chi connectivity index (χ2v) is 6.20. The number of H-pyrrole nitrogens is 1. The summed E-state index contributed by atoms with van der Waals surface area (Å²) in [4.78, 5) is 37.9. The van der Waals surface area contributed by atoms with Crippen molar-refractivity contribution in [3.8, 4) is 0 Å². The summed E-state index contributed by atoms with van der Waals surface area (Å²) in [6, 6.07) is 10.3. The zero-order valence-electron chi connectivity index (χ0n) is 13.7. The van der Waals surface area contributed by atoms with Crippen LogP contribution in [-0.2, 0) is 4.79 Å². The topological polar surface area (TPSA) is 105 Å². The maximum absolute atomic E-state index is 12.5. The van der Waals surface area contributed by atoms with Crippen LogP contribution in [0.15, 0.2) is 48.7 Å². The minimum absolute atomic E-state index is 0.0426. The highest BCUT2D eigenvalue weighted by molar-refractivity contribution is 6.45. The van der Waals surface area contributed by atoms with Gasteiger partial charge in [0, 0.05) is 34.3 Å². The Morgan fingerprint density at radius 1 is 1.19 bits per heavy atom. The monoisotopic (exact) mass is 371 g/mol. The van der Waals surface area contributed by atoms with Gasteiger partial charge in [0.2, 0.25) is 0 Å². The molecule has 3 rings (SSSR count).